The van der Waals surface area contributed by atoms with Crippen LogP contribution in [0.1, 0.15) is 28.8 Å². The monoisotopic (exact) mass is 355 g/mol. The molecular formula is C19H21N3O2S. The maximum Gasteiger partial charge on any atom is 0.259 e. The van der Waals surface area contributed by atoms with Gasteiger partial charge in [0.25, 0.3) is 5.56 Å². The normalized spacial score (nSPS) is 11.0. The standard InChI is InChI=1S/C19H21N3O2S/c1-12-13(2)25-19-17(12)18(24)20-16(21-19)11-22(14(3)23)10-9-15-7-5-4-6-8-15/h4-8H,9-11H2,1-3H3,(H,20,21,24). The smallest absolute Gasteiger partial charge is 0.259 e. The molecular weight excluding hydrogens is 334 g/mol. The van der Waals surface area contributed by atoms with E-state index in [2.05, 4.69) is 9.97 Å². The van der Waals surface area contributed by atoms with Gasteiger partial charge in [0, 0.05) is 18.3 Å². The predicted molar refractivity (Wildman–Crippen MR) is 101 cm³/mol. The Morgan fingerprint density at radius 1 is 1.24 bits per heavy atom. The van der Waals surface area contributed by atoms with Crippen molar-refractivity contribution in [3.8, 4) is 0 Å². The number of carbonyl (C=O) groups excluding carboxylic acids is 1. The number of nitrogens with zero attached hydrogens (tertiary/aromatic N) is 2. The number of H-pyrrole nitrogens is 1. The van der Waals surface area contributed by atoms with Crippen molar-refractivity contribution < 1.29 is 4.79 Å². The van der Waals surface area contributed by atoms with Gasteiger partial charge in [-0.15, -0.1) is 11.3 Å². The Balaban J connectivity index is 1.81. The average molecular weight is 355 g/mol. The molecule has 0 bridgehead atoms. The molecule has 130 valence electrons. The Kier molecular flexibility index (Phi) is 4.99. The molecule has 3 aromatic rings. The molecule has 0 fully saturated rings. The van der Waals surface area contributed by atoms with E-state index in [0.717, 1.165) is 21.7 Å². The Morgan fingerprint density at radius 2 is 1.96 bits per heavy atom. The number of aromatic amines is 1. The van der Waals surface area contributed by atoms with E-state index in [4.69, 9.17) is 0 Å². The number of amides is 1. The van der Waals surface area contributed by atoms with Gasteiger partial charge in [0.2, 0.25) is 5.91 Å². The summed E-state index contributed by atoms with van der Waals surface area (Å²) in [5.41, 5.74) is 2.02. The molecule has 1 aromatic carbocycles. The first-order chi connectivity index (χ1) is 12.0. The van der Waals surface area contributed by atoms with Crippen LogP contribution in [-0.4, -0.2) is 27.3 Å². The summed E-state index contributed by atoms with van der Waals surface area (Å²) >= 11 is 1.52. The number of carbonyl (C=O) groups is 1. The van der Waals surface area contributed by atoms with Crippen LogP contribution in [0, 0.1) is 13.8 Å². The maximum absolute atomic E-state index is 12.4. The molecule has 5 nitrogen and oxygen atoms in total. The second kappa shape index (κ2) is 7.19. The van der Waals surface area contributed by atoms with E-state index in [0.29, 0.717) is 24.3 Å². The zero-order chi connectivity index (χ0) is 18.0. The number of hydrogen-bond acceptors (Lipinski definition) is 4. The molecule has 0 aliphatic heterocycles. The number of nitrogens with one attached hydrogen (secondary N) is 1. The van der Waals surface area contributed by atoms with Crippen molar-refractivity contribution in [3.05, 3.63) is 62.5 Å². The van der Waals surface area contributed by atoms with Crippen LogP contribution in [0.5, 0.6) is 0 Å². The second-order valence-electron chi connectivity index (χ2n) is 6.15. The zero-order valence-electron chi connectivity index (χ0n) is 14.6. The maximum atomic E-state index is 12.4. The fourth-order valence-corrected chi connectivity index (χ4v) is 3.86. The third kappa shape index (κ3) is 3.79. The van der Waals surface area contributed by atoms with Crippen molar-refractivity contribution in [2.75, 3.05) is 6.54 Å². The zero-order valence-corrected chi connectivity index (χ0v) is 15.4. The Bertz CT molecular complexity index is 960. The van der Waals surface area contributed by atoms with Crippen molar-refractivity contribution in [1.82, 2.24) is 14.9 Å². The number of thiophene rings is 1. The van der Waals surface area contributed by atoms with E-state index in [-0.39, 0.29) is 11.5 Å². The summed E-state index contributed by atoms with van der Waals surface area (Å²) in [6.07, 6.45) is 0.768. The lowest BCUT2D eigenvalue weighted by Crippen LogP contribution is -2.32. The van der Waals surface area contributed by atoms with Gasteiger partial charge in [-0.3, -0.25) is 9.59 Å². The van der Waals surface area contributed by atoms with Crippen LogP contribution in [0.3, 0.4) is 0 Å². The van der Waals surface area contributed by atoms with Crippen molar-refractivity contribution in [2.45, 2.75) is 33.7 Å². The van der Waals surface area contributed by atoms with Crippen LogP contribution >= 0.6 is 11.3 Å². The van der Waals surface area contributed by atoms with Gasteiger partial charge in [0.05, 0.1) is 11.9 Å². The van der Waals surface area contributed by atoms with Crippen LogP contribution < -0.4 is 5.56 Å². The fourth-order valence-electron chi connectivity index (χ4n) is 2.81. The van der Waals surface area contributed by atoms with E-state index in [1.54, 1.807) is 11.8 Å². The number of aromatic nitrogens is 2. The van der Waals surface area contributed by atoms with Gasteiger partial charge in [-0.1, -0.05) is 30.3 Å². The molecule has 1 N–H and O–H groups in total. The molecule has 25 heavy (non-hydrogen) atoms. The van der Waals surface area contributed by atoms with Gasteiger partial charge in [-0.2, -0.15) is 0 Å². The Morgan fingerprint density at radius 3 is 2.64 bits per heavy atom. The highest BCUT2D eigenvalue weighted by Gasteiger charge is 2.15. The molecule has 0 unspecified atom stereocenters. The van der Waals surface area contributed by atoms with E-state index >= 15 is 0 Å². The molecule has 0 aliphatic rings. The number of benzene rings is 1. The molecule has 6 heteroatoms. The summed E-state index contributed by atoms with van der Waals surface area (Å²) < 4.78 is 0. The number of fused-ring (bicyclic) bond motifs is 1. The quantitative estimate of drug-likeness (QED) is 0.764. The Hall–Kier alpha value is -2.47. The molecule has 0 saturated heterocycles. The third-order valence-electron chi connectivity index (χ3n) is 4.39. The van der Waals surface area contributed by atoms with Gasteiger partial charge in [0.1, 0.15) is 10.7 Å². The summed E-state index contributed by atoms with van der Waals surface area (Å²) in [6.45, 7) is 6.36. The van der Waals surface area contributed by atoms with Crippen LogP contribution in [-0.2, 0) is 17.8 Å². The number of aryl methyl sites for hydroxylation is 2. The summed E-state index contributed by atoms with van der Waals surface area (Å²) in [6, 6.07) is 10.0. The van der Waals surface area contributed by atoms with Gasteiger partial charge < -0.3 is 9.88 Å². The molecule has 1 amide bonds. The van der Waals surface area contributed by atoms with Crippen LogP contribution in [0.15, 0.2) is 35.1 Å². The second-order valence-corrected chi connectivity index (χ2v) is 7.36. The van der Waals surface area contributed by atoms with Gasteiger partial charge >= 0.3 is 0 Å². The minimum Gasteiger partial charge on any atom is -0.335 e. The van der Waals surface area contributed by atoms with Crippen molar-refractivity contribution >= 4 is 27.5 Å². The van der Waals surface area contributed by atoms with Crippen LogP contribution in [0.2, 0.25) is 0 Å². The van der Waals surface area contributed by atoms with E-state index in [9.17, 15) is 9.59 Å². The molecule has 3 rings (SSSR count). The van der Waals surface area contributed by atoms with E-state index < -0.39 is 0 Å². The lowest BCUT2D eigenvalue weighted by Gasteiger charge is -2.20. The van der Waals surface area contributed by atoms with Crippen molar-refractivity contribution in [2.24, 2.45) is 0 Å². The lowest BCUT2D eigenvalue weighted by atomic mass is 10.1. The van der Waals surface area contributed by atoms with Crippen LogP contribution in [0.25, 0.3) is 10.2 Å². The highest BCUT2D eigenvalue weighted by Crippen LogP contribution is 2.25. The summed E-state index contributed by atoms with van der Waals surface area (Å²) in [5.74, 6) is 0.499. The van der Waals surface area contributed by atoms with Crippen molar-refractivity contribution in [1.29, 1.82) is 0 Å². The SMILES string of the molecule is CC(=O)N(CCc1ccccc1)Cc1nc2sc(C)c(C)c2c(=O)[nH]1. The Labute approximate surface area is 150 Å². The summed E-state index contributed by atoms with van der Waals surface area (Å²) in [5, 5.41) is 0.657. The third-order valence-corrected chi connectivity index (χ3v) is 5.49. The van der Waals surface area contributed by atoms with E-state index in [1.807, 2.05) is 44.2 Å². The molecule has 0 radical (unpaired) electrons. The first-order valence-electron chi connectivity index (χ1n) is 8.24. The fraction of sp³-hybridized carbons (Fsp3) is 0.316. The highest BCUT2D eigenvalue weighted by molar-refractivity contribution is 7.18. The highest BCUT2D eigenvalue weighted by atomic mass is 32.1. The minimum absolute atomic E-state index is 0.0304. The molecule has 2 aromatic heterocycles. The van der Waals surface area contributed by atoms with Gasteiger partial charge in [-0.25, -0.2) is 4.98 Å². The van der Waals surface area contributed by atoms with Gasteiger partial charge in [0.15, 0.2) is 0 Å². The molecule has 0 atom stereocenters. The average Bonchev–Trinajstić information content (AvgIpc) is 2.87. The minimum atomic E-state index is -0.131. The van der Waals surface area contributed by atoms with Crippen LogP contribution in [0.4, 0.5) is 0 Å². The number of hydrogen-bond donors (Lipinski definition) is 1. The molecule has 0 spiro atoms. The topological polar surface area (TPSA) is 66.1 Å². The first kappa shape index (κ1) is 17.4. The first-order valence-corrected chi connectivity index (χ1v) is 9.05. The summed E-state index contributed by atoms with van der Waals surface area (Å²) in [4.78, 5) is 35.3. The van der Waals surface area contributed by atoms with E-state index in [1.165, 1.54) is 16.9 Å². The van der Waals surface area contributed by atoms with Crippen molar-refractivity contribution in [3.63, 3.8) is 0 Å². The largest absolute Gasteiger partial charge is 0.335 e. The summed E-state index contributed by atoms with van der Waals surface area (Å²) in [7, 11) is 0. The lowest BCUT2D eigenvalue weighted by molar-refractivity contribution is -0.129. The predicted octanol–water partition coefficient (Wildman–Crippen LogP) is 3.19. The number of rotatable bonds is 5. The molecule has 0 saturated carbocycles. The van der Waals surface area contributed by atoms with Gasteiger partial charge in [-0.05, 0) is 31.4 Å². The molecule has 0 aliphatic carbocycles. The molecule has 2 heterocycles.